The molecular weight excluding hydrogens is 233 g/mol. The third kappa shape index (κ3) is 3.19. The molecule has 0 spiro atoms. The van der Waals surface area contributed by atoms with E-state index in [2.05, 4.69) is 27.8 Å². The fourth-order valence-electron chi connectivity index (χ4n) is 1.02. The Labute approximate surface area is 85.8 Å². The molecule has 0 saturated carbocycles. The summed E-state index contributed by atoms with van der Waals surface area (Å²) in [5, 5.41) is 3.13. The lowest BCUT2D eigenvalue weighted by Crippen LogP contribution is -2.02. The smallest absolute Gasteiger partial charge is 0.123 e. The maximum absolute atomic E-state index is 12.7. The zero-order chi connectivity index (χ0) is 9.84. The Kier molecular flexibility index (Phi) is 3.48. The molecule has 1 N–H and O–H groups in total. The Bertz CT molecular complexity index is 323. The van der Waals surface area contributed by atoms with Gasteiger partial charge in [0.25, 0.3) is 0 Å². The van der Waals surface area contributed by atoms with Gasteiger partial charge in [-0.25, -0.2) is 4.39 Å². The maximum Gasteiger partial charge on any atom is 0.123 e. The molecule has 0 bridgehead atoms. The molecule has 0 heterocycles. The second-order valence-corrected chi connectivity index (χ2v) is 3.95. The van der Waals surface area contributed by atoms with E-state index in [1.807, 2.05) is 6.92 Å². The second kappa shape index (κ2) is 4.42. The van der Waals surface area contributed by atoms with Crippen molar-refractivity contribution in [3.63, 3.8) is 0 Å². The first-order valence-corrected chi connectivity index (χ1v) is 4.72. The number of aryl methyl sites for hydroxylation is 1. The van der Waals surface area contributed by atoms with Gasteiger partial charge < -0.3 is 5.32 Å². The summed E-state index contributed by atoms with van der Waals surface area (Å²) in [7, 11) is 0. The fourth-order valence-corrected chi connectivity index (χ4v) is 1.16. The summed E-state index contributed by atoms with van der Waals surface area (Å²) in [5.74, 6) is -0.208. The first kappa shape index (κ1) is 10.3. The monoisotopic (exact) mass is 243 g/mol. The van der Waals surface area contributed by atoms with Crippen LogP contribution in [-0.4, -0.2) is 6.54 Å². The van der Waals surface area contributed by atoms with Crippen LogP contribution in [-0.2, 0) is 0 Å². The lowest BCUT2D eigenvalue weighted by Gasteiger charge is -2.08. The molecule has 70 valence electrons. The number of halogens is 2. The minimum absolute atomic E-state index is 0.208. The topological polar surface area (TPSA) is 12.0 Å². The molecule has 0 fully saturated rings. The van der Waals surface area contributed by atoms with Crippen molar-refractivity contribution in [1.82, 2.24) is 0 Å². The van der Waals surface area contributed by atoms with E-state index in [-0.39, 0.29) is 5.82 Å². The van der Waals surface area contributed by atoms with Crippen molar-refractivity contribution in [3.05, 3.63) is 40.6 Å². The van der Waals surface area contributed by atoms with Crippen LogP contribution in [0.5, 0.6) is 0 Å². The van der Waals surface area contributed by atoms with Crippen molar-refractivity contribution in [2.24, 2.45) is 0 Å². The molecule has 0 atom stereocenters. The van der Waals surface area contributed by atoms with Crippen LogP contribution < -0.4 is 5.32 Å². The van der Waals surface area contributed by atoms with E-state index in [1.165, 1.54) is 12.1 Å². The Morgan fingerprint density at radius 1 is 1.62 bits per heavy atom. The molecular formula is C10H11BrFN. The molecule has 0 amide bonds. The summed E-state index contributed by atoms with van der Waals surface area (Å²) < 4.78 is 13.6. The highest BCUT2D eigenvalue weighted by Crippen LogP contribution is 2.16. The van der Waals surface area contributed by atoms with E-state index in [4.69, 9.17) is 0 Å². The number of hydrogen-bond donors (Lipinski definition) is 1. The number of anilines is 1. The summed E-state index contributed by atoms with van der Waals surface area (Å²) in [6.07, 6.45) is 0. The van der Waals surface area contributed by atoms with Gasteiger partial charge in [0.05, 0.1) is 0 Å². The first-order chi connectivity index (χ1) is 6.09. The summed E-state index contributed by atoms with van der Waals surface area (Å²) in [5.41, 5.74) is 1.83. The van der Waals surface area contributed by atoms with Gasteiger partial charge in [0.2, 0.25) is 0 Å². The van der Waals surface area contributed by atoms with Crippen LogP contribution >= 0.6 is 15.9 Å². The van der Waals surface area contributed by atoms with E-state index in [0.29, 0.717) is 6.54 Å². The van der Waals surface area contributed by atoms with Crippen LogP contribution in [0, 0.1) is 12.7 Å². The summed E-state index contributed by atoms with van der Waals surface area (Å²) in [6.45, 7) is 6.21. The Morgan fingerprint density at radius 3 is 2.85 bits per heavy atom. The molecule has 0 aliphatic heterocycles. The van der Waals surface area contributed by atoms with Crippen LogP contribution in [0.1, 0.15) is 5.56 Å². The van der Waals surface area contributed by atoms with Crippen molar-refractivity contribution in [1.29, 1.82) is 0 Å². The van der Waals surface area contributed by atoms with Gasteiger partial charge in [-0.15, -0.1) is 0 Å². The van der Waals surface area contributed by atoms with E-state index in [1.54, 1.807) is 6.07 Å². The lowest BCUT2D eigenvalue weighted by molar-refractivity contribution is 0.627. The largest absolute Gasteiger partial charge is 0.380 e. The zero-order valence-corrected chi connectivity index (χ0v) is 8.99. The predicted octanol–water partition coefficient (Wildman–Crippen LogP) is 3.45. The first-order valence-electron chi connectivity index (χ1n) is 3.93. The van der Waals surface area contributed by atoms with Crippen molar-refractivity contribution in [2.45, 2.75) is 6.92 Å². The number of benzene rings is 1. The van der Waals surface area contributed by atoms with Crippen molar-refractivity contribution >= 4 is 21.6 Å². The highest BCUT2D eigenvalue weighted by atomic mass is 79.9. The highest BCUT2D eigenvalue weighted by molar-refractivity contribution is 9.11. The number of nitrogens with one attached hydrogen (secondary N) is 1. The minimum atomic E-state index is -0.208. The van der Waals surface area contributed by atoms with Gasteiger partial charge in [-0.3, -0.25) is 0 Å². The predicted molar refractivity (Wildman–Crippen MR) is 57.7 cm³/mol. The molecule has 13 heavy (non-hydrogen) atoms. The number of hydrogen-bond acceptors (Lipinski definition) is 1. The third-order valence-electron chi connectivity index (χ3n) is 1.66. The van der Waals surface area contributed by atoms with Gasteiger partial charge in [-0.2, -0.15) is 0 Å². The van der Waals surface area contributed by atoms with Crippen LogP contribution in [0.4, 0.5) is 10.1 Å². The molecule has 0 aliphatic rings. The molecule has 0 saturated heterocycles. The average Bonchev–Trinajstić information content (AvgIpc) is 2.02. The van der Waals surface area contributed by atoms with Crippen LogP contribution in [0.15, 0.2) is 29.3 Å². The minimum Gasteiger partial charge on any atom is -0.380 e. The van der Waals surface area contributed by atoms with Crippen molar-refractivity contribution in [2.75, 3.05) is 11.9 Å². The van der Waals surface area contributed by atoms with Crippen molar-refractivity contribution < 1.29 is 4.39 Å². The van der Waals surface area contributed by atoms with Gasteiger partial charge in [-0.05, 0) is 30.7 Å². The molecule has 0 aromatic heterocycles. The summed E-state index contributed by atoms with van der Waals surface area (Å²) >= 11 is 3.24. The molecule has 0 unspecified atom stereocenters. The molecule has 3 heteroatoms. The van der Waals surface area contributed by atoms with Crippen LogP contribution in [0.3, 0.4) is 0 Å². The zero-order valence-electron chi connectivity index (χ0n) is 7.40. The normalized spacial score (nSPS) is 9.77. The van der Waals surface area contributed by atoms with E-state index < -0.39 is 0 Å². The third-order valence-corrected chi connectivity index (χ3v) is 1.94. The van der Waals surface area contributed by atoms with E-state index in [0.717, 1.165) is 15.7 Å². The second-order valence-electron chi connectivity index (χ2n) is 2.83. The van der Waals surface area contributed by atoms with E-state index in [9.17, 15) is 4.39 Å². The molecule has 1 nitrogen and oxygen atoms in total. The highest BCUT2D eigenvalue weighted by Gasteiger charge is 1.98. The summed E-state index contributed by atoms with van der Waals surface area (Å²) in [4.78, 5) is 0. The van der Waals surface area contributed by atoms with Gasteiger partial charge >= 0.3 is 0 Å². The van der Waals surface area contributed by atoms with Gasteiger partial charge in [0.1, 0.15) is 5.82 Å². The van der Waals surface area contributed by atoms with Gasteiger partial charge in [0, 0.05) is 16.7 Å². The van der Waals surface area contributed by atoms with Gasteiger partial charge in [-0.1, -0.05) is 22.5 Å². The summed E-state index contributed by atoms with van der Waals surface area (Å²) in [6, 6.07) is 4.66. The SMILES string of the molecule is C=C(Br)CNc1ccc(F)cc1C. The van der Waals surface area contributed by atoms with E-state index >= 15 is 0 Å². The number of rotatable bonds is 3. The molecule has 0 radical (unpaired) electrons. The Morgan fingerprint density at radius 2 is 2.31 bits per heavy atom. The Balaban J connectivity index is 2.72. The fraction of sp³-hybridized carbons (Fsp3) is 0.200. The molecule has 1 rings (SSSR count). The van der Waals surface area contributed by atoms with Gasteiger partial charge in [0.15, 0.2) is 0 Å². The maximum atomic E-state index is 12.7. The lowest BCUT2D eigenvalue weighted by atomic mass is 10.2. The van der Waals surface area contributed by atoms with Crippen LogP contribution in [0.25, 0.3) is 0 Å². The van der Waals surface area contributed by atoms with Crippen molar-refractivity contribution in [3.8, 4) is 0 Å². The standard InChI is InChI=1S/C10H11BrFN/c1-7-5-9(12)3-4-10(7)13-6-8(2)11/h3-5,13H,2,6H2,1H3. The Hall–Kier alpha value is -0.830. The molecule has 1 aromatic rings. The average molecular weight is 244 g/mol. The quantitative estimate of drug-likeness (QED) is 0.858. The molecule has 0 aliphatic carbocycles. The van der Waals surface area contributed by atoms with Crippen LogP contribution in [0.2, 0.25) is 0 Å². The molecule has 1 aromatic carbocycles.